The maximum Gasteiger partial charge on any atom is 0.203 e. The van der Waals surface area contributed by atoms with Crippen LogP contribution in [0.4, 0.5) is 0 Å². The van der Waals surface area contributed by atoms with Crippen molar-refractivity contribution in [2.75, 3.05) is 27.1 Å². The van der Waals surface area contributed by atoms with E-state index in [1.165, 1.54) is 11.8 Å². The van der Waals surface area contributed by atoms with Crippen molar-refractivity contribution in [3.63, 3.8) is 0 Å². The molecule has 0 radical (unpaired) electrons. The second-order valence-electron chi connectivity index (χ2n) is 4.40. The molecule has 0 aliphatic rings. The largest absolute Gasteiger partial charge is 0.493 e. The van der Waals surface area contributed by atoms with Crippen molar-refractivity contribution < 1.29 is 18.4 Å². The van der Waals surface area contributed by atoms with E-state index in [-0.39, 0.29) is 4.58 Å². The molecule has 23 heavy (non-hydrogen) atoms. The molecule has 4 nitrogen and oxygen atoms in total. The monoisotopic (exact) mass is 354 g/mol. The predicted octanol–water partition coefficient (Wildman–Crippen LogP) is 3.86. The summed E-state index contributed by atoms with van der Waals surface area (Å²) in [6.07, 6.45) is 3.29. The first-order valence-corrected chi connectivity index (χ1v) is 9.05. The number of hydrogen-bond acceptors (Lipinski definition) is 5. The quantitative estimate of drug-likeness (QED) is 0.597. The predicted molar refractivity (Wildman–Crippen MR) is 99.9 cm³/mol. The second-order valence-corrected chi connectivity index (χ2v) is 7.53. The zero-order valence-corrected chi connectivity index (χ0v) is 15.3. The topological polar surface area (TPSA) is 44.8 Å². The van der Waals surface area contributed by atoms with Crippen molar-refractivity contribution in [1.29, 1.82) is 0 Å². The minimum Gasteiger partial charge on any atom is -0.493 e. The van der Waals surface area contributed by atoms with E-state index in [2.05, 4.69) is 19.7 Å². The molecule has 1 aromatic rings. The highest BCUT2D eigenvalue weighted by molar-refractivity contribution is 8.17. The molecule has 0 bridgehead atoms. The summed E-state index contributed by atoms with van der Waals surface area (Å²) in [6.45, 7) is 11.4. The van der Waals surface area contributed by atoms with Gasteiger partial charge in [-0.3, -0.25) is 4.21 Å². The Kier molecular flexibility index (Phi) is 7.98. The Morgan fingerprint density at radius 2 is 1.78 bits per heavy atom. The van der Waals surface area contributed by atoms with Crippen LogP contribution in [0.15, 0.2) is 44.0 Å². The lowest BCUT2D eigenvalue weighted by Gasteiger charge is -2.17. The van der Waals surface area contributed by atoms with Crippen LogP contribution in [0, 0.1) is 0 Å². The normalized spacial score (nSPS) is 12.8. The number of hydrogen-bond donors (Lipinski definition) is 0. The van der Waals surface area contributed by atoms with Gasteiger partial charge in [-0.05, 0) is 17.7 Å². The highest BCUT2D eigenvalue weighted by atomic mass is 32.2. The Labute approximate surface area is 144 Å². The summed E-state index contributed by atoms with van der Waals surface area (Å²) in [7, 11) is 3.57. The number of benzene rings is 1. The summed E-state index contributed by atoms with van der Waals surface area (Å²) < 4.78 is 27.8. The van der Waals surface area contributed by atoms with Gasteiger partial charge in [0.25, 0.3) is 0 Å². The fourth-order valence-corrected chi connectivity index (χ4v) is 4.15. The number of methoxy groups -OCH3 is 3. The Morgan fingerprint density at radius 3 is 2.17 bits per heavy atom. The van der Waals surface area contributed by atoms with Crippen molar-refractivity contribution in [3.8, 4) is 17.2 Å². The first-order valence-electron chi connectivity index (χ1n) is 6.78. The summed E-state index contributed by atoms with van der Waals surface area (Å²) in [5.74, 6) is 2.02. The fourth-order valence-electron chi connectivity index (χ4n) is 1.87. The van der Waals surface area contributed by atoms with E-state index in [1.807, 2.05) is 12.1 Å². The van der Waals surface area contributed by atoms with Gasteiger partial charge < -0.3 is 14.2 Å². The van der Waals surface area contributed by atoms with Gasteiger partial charge in [-0.2, -0.15) is 0 Å². The number of thioether (sulfide) groups is 1. The van der Waals surface area contributed by atoms with Crippen LogP contribution < -0.4 is 14.2 Å². The van der Waals surface area contributed by atoms with Gasteiger partial charge in [0.1, 0.15) is 4.58 Å². The molecule has 0 heterocycles. The zero-order valence-electron chi connectivity index (χ0n) is 13.7. The van der Waals surface area contributed by atoms with Crippen LogP contribution in [0.2, 0.25) is 0 Å². The third-order valence-corrected chi connectivity index (χ3v) is 6.13. The van der Waals surface area contributed by atoms with Crippen molar-refractivity contribution in [2.45, 2.75) is 4.58 Å². The van der Waals surface area contributed by atoms with Gasteiger partial charge in [0.05, 0.1) is 21.3 Å². The minimum atomic E-state index is -1.09. The SMILES string of the molecule is C=CCS(=O)C(C=C)SC(=C)c1cc(OC)c(OC)c(OC)c1. The summed E-state index contributed by atoms with van der Waals surface area (Å²) in [6, 6.07) is 3.63. The van der Waals surface area contributed by atoms with Gasteiger partial charge in [-0.25, -0.2) is 0 Å². The van der Waals surface area contributed by atoms with E-state index in [0.29, 0.717) is 23.0 Å². The fraction of sp³-hybridized carbons (Fsp3) is 0.294. The lowest BCUT2D eigenvalue weighted by molar-refractivity contribution is 0.324. The van der Waals surface area contributed by atoms with Gasteiger partial charge in [0.2, 0.25) is 5.75 Å². The van der Waals surface area contributed by atoms with Crippen molar-refractivity contribution in [3.05, 3.63) is 49.6 Å². The van der Waals surface area contributed by atoms with Crippen LogP contribution >= 0.6 is 11.8 Å². The molecule has 2 atom stereocenters. The van der Waals surface area contributed by atoms with E-state index in [1.54, 1.807) is 33.5 Å². The highest BCUT2D eigenvalue weighted by Crippen LogP contribution is 2.42. The molecule has 0 saturated carbocycles. The lowest BCUT2D eigenvalue weighted by atomic mass is 10.2. The van der Waals surface area contributed by atoms with Gasteiger partial charge in [0, 0.05) is 21.5 Å². The minimum absolute atomic E-state index is 0.264. The van der Waals surface area contributed by atoms with Crippen LogP contribution in [0.5, 0.6) is 17.2 Å². The van der Waals surface area contributed by atoms with E-state index < -0.39 is 10.8 Å². The van der Waals surface area contributed by atoms with Crippen LogP contribution in [0.1, 0.15) is 5.56 Å². The molecule has 0 spiro atoms. The molecule has 0 fully saturated rings. The van der Waals surface area contributed by atoms with Gasteiger partial charge in [-0.1, -0.05) is 18.7 Å². The molecule has 0 N–H and O–H groups in total. The Hall–Kier alpha value is -1.66. The first kappa shape index (κ1) is 19.4. The molecular formula is C17H22O4S2. The lowest BCUT2D eigenvalue weighted by Crippen LogP contribution is -2.10. The van der Waals surface area contributed by atoms with E-state index in [0.717, 1.165) is 10.5 Å². The van der Waals surface area contributed by atoms with Crippen molar-refractivity contribution >= 4 is 27.5 Å². The summed E-state index contributed by atoms with van der Waals surface area (Å²) in [4.78, 5) is 0.742. The Balaban J connectivity index is 3.10. The molecule has 0 aliphatic heterocycles. The summed E-state index contributed by atoms with van der Waals surface area (Å²) >= 11 is 1.39. The highest BCUT2D eigenvalue weighted by Gasteiger charge is 2.18. The van der Waals surface area contributed by atoms with Gasteiger partial charge >= 0.3 is 0 Å². The van der Waals surface area contributed by atoms with Crippen molar-refractivity contribution in [1.82, 2.24) is 0 Å². The average molecular weight is 354 g/mol. The molecule has 6 heteroatoms. The van der Waals surface area contributed by atoms with E-state index in [4.69, 9.17) is 14.2 Å². The van der Waals surface area contributed by atoms with Gasteiger partial charge in [0.15, 0.2) is 11.5 Å². The summed E-state index contributed by atoms with van der Waals surface area (Å²) in [5.41, 5.74) is 0.812. The van der Waals surface area contributed by atoms with Crippen LogP contribution in [0.25, 0.3) is 4.91 Å². The smallest absolute Gasteiger partial charge is 0.203 e. The van der Waals surface area contributed by atoms with Crippen molar-refractivity contribution in [2.24, 2.45) is 0 Å². The molecule has 0 amide bonds. The first-order chi connectivity index (χ1) is 11.0. The maximum absolute atomic E-state index is 12.1. The molecular weight excluding hydrogens is 332 g/mol. The molecule has 1 aromatic carbocycles. The summed E-state index contributed by atoms with van der Waals surface area (Å²) in [5, 5.41) is 0. The van der Waals surface area contributed by atoms with Crippen LogP contribution in [0.3, 0.4) is 0 Å². The number of ether oxygens (including phenoxy) is 3. The molecule has 0 saturated heterocycles. The third kappa shape index (κ3) is 4.91. The molecule has 126 valence electrons. The second kappa shape index (κ2) is 9.47. The Bertz CT molecular complexity index is 586. The standard InChI is InChI=1S/C17H22O4S2/c1-7-9-23(18)16(8-2)22-12(3)13-10-14(19-4)17(21-6)15(11-13)20-5/h7-8,10-11,16H,1-3,9H2,4-6H3. The average Bonchev–Trinajstić information content (AvgIpc) is 2.57. The maximum atomic E-state index is 12.1. The zero-order chi connectivity index (χ0) is 17.4. The van der Waals surface area contributed by atoms with E-state index >= 15 is 0 Å². The molecule has 1 rings (SSSR count). The van der Waals surface area contributed by atoms with E-state index in [9.17, 15) is 4.21 Å². The van der Waals surface area contributed by atoms with Gasteiger partial charge in [-0.15, -0.1) is 24.9 Å². The third-order valence-electron chi connectivity index (χ3n) is 2.98. The number of rotatable bonds is 10. The molecule has 0 aliphatic carbocycles. The van der Waals surface area contributed by atoms with Crippen LogP contribution in [-0.2, 0) is 10.8 Å². The molecule has 2 unspecified atom stereocenters. The Morgan fingerprint density at radius 1 is 1.22 bits per heavy atom. The van der Waals surface area contributed by atoms with Crippen LogP contribution in [-0.4, -0.2) is 35.9 Å². The molecule has 0 aromatic heterocycles.